The molecule has 2 N–H and O–H groups in total. The molecule has 0 fully saturated rings. The lowest BCUT2D eigenvalue weighted by Gasteiger charge is -2.16. The molecular formula is C12H18N2. The molecule has 0 amide bonds. The maximum absolute atomic E-state index is 5.84. The summed E-state index contributed by atoms with van der Waals surface area (Å²) in [5.74, 6) is 0.698. The Morgan fingerprint density at radius 2 is 1.79 bits per heavy atom. The van der Waals surface area contributed by atoms with Crippen molar-refractivity contribution < 1.29 is 0 Å². The van der Waals surface area contributed by atoms with Crippen molar-refractivity contribution in [1.29, 1.82) is 0 Å². The Hall–Kier alpha value is -1.31. The van der Waals surface area contributed by atoms with Crippen molar-refractivity contribution in [2.45, 2.75) is 27.2 Å². The van der Waals surface area contributed by atoms with E-state index >= 15 is 0 Å². The van der Waals surface area contributed by atoms with E-state index in [1.165, 1.54) is 0 Å². The third kappa shape index (κ3) is 4.08. The van der Waals surface area contributed by atoms with E-state index in [1.807, 2.05) is 30.3 Å². The standard InChI is InChI=1S/C12H18N2/c1-12(2,3)9-11(13)14-10-7-5-4-6-8-10/h4-8H,9H2,1-3H3,(H2,13,14). The molecule has 0 unspecified atom stereocenters. The van der Waals surface area contributed by atoms with Crippen molar-refractivity contribution in [3.63, 3.8) is 0 Å². The molecule has 14 heavy (non-hydrogen) atoms. The molecule has 0 aromatic heterocycles. The number of nitrogens with two attached hydrogens (primary N) is 1. The van der Waals surface area contributed by atoms with E-state index < -0.39 is 0 Å². The van der Waals surface area contributed by atoms with Gasteiger partial charge in [0.2, 0.25) is 0 Å². The van der Waals surface area contributed by atoms with Gasteiger partial charge < -0.3 is 5.73 Å². The molecule has 0 atom stereocenters. The van der Waals surface area contributed by atoms with Crippen LogP contribution >= 0.6 is 0 Å². The Bertz CT molecular complexity index is 307. The fraction of sp³-hybridized carbons (Fsp3) is 0.417. The maximum Gasteiger partial charge on any atom is 0.100 e. The molecule has 0 saturated carbocycles. The maximum atomic E-state index is 5.84. The number of para-hydroxylation sites is 1. The summed E-state index contributed by atoms with van der Waals surface area (Å²) in [5, 5.41) is 0. The van der Waals surface area contributed by atoms with Crippen molar-refractivity contribution in [2.24, 2.45) is 16.1 Å². The summed E-state index contributed by atoms with van der Waals surface area (Å²) in [6.45, 7) is 6.46. The van der Waals surface area contributed by atoms with Gasteiger partial charge in [-0.15, -0.1) is 0 Å². The first-order chi connectivity index (χ1) is 6.47. The monoisotopic (exact) mass is 190 g/mol. The molecule has 0 radical (unpaired) electrons. The van der Waals surface area contributed by atoms with Gasteiger partial charge in [-0.3, -0.25) is 0 Å². The van der Waals surface area contributed by atoms with Crippen LogP contribution in [0.25, 0.3) is 0 Å². The van der Waals surface area contributed by atoms with E-state index in [2.05, 4.69) is 25.8 Å². The van der Waals surface area contributed by atoms with Gasteiger partial charge in [0.05, 0.1) is 5.69 Å². The first-order valence-electron chi connectivity index (χ1n) is 4.85. The van der Waals surface area contributed by atoms with E-state index in [4.69, 9.17) is 5.73 Å². The second-order valence-electron chi connectivity index (χ2n) is 4.68. The van der Waals surface area contributed by atoms with Crippen molar-refractivity contribution in [2.75, 3.05) is 0 Å². The lowest BCUT2D eigenvalue weighted by atomic mass is 9.92. The summed E-state index contributed by atoms with van der Waals surface area (Å²) in [7, 11) is 0. The zero-order chi connectivity index (χ0) is 10.6. The number of amidine groups is 1. The van der Waals surface area contributed by atoms with Gasteiger partial charge in [0.15, 0.2) is 0 Å². The van der Waals surface area contributed by atoms with Crippen LogP contribution in [0.5, 0.6) is 0 Å². The van der Waals surface area contributed by atoms with Crippen molar-refractivity contribution >= 4 is 11.5 Å². The molecule has 1 aromatic carbocycles. The van der Waals surface area contributed by atoms with Crippen LogP contribution in [0, 0.1) is 5.41 Å². The van der Waals surface area contributed by atoms with Crippen molar-refractivity contribution in [3.8, 4) is 0 Å². The highest BCUT2D eigenvalue weighted by Gasteiger charge is 2.11. The number of benzene rings is 1. The van der Waals surface area contributed by atoms with E-state index in [-0.39, 0.29) is 5.41 Å². The molecule has 2 heteroatoms. The molecule has 2 nitrogen and oxygen atoms in total. The molecule has 1 aromatic rings. The highest BCUT2D eigenvalue weighted by atomic mass is 14.9. The smallest absolute Gasteiger partial charge is 0.100 e. The number of nitrogens with zero attached hydrogens (tertiary/aromatic N) is 1. The fourth-order valence-electron chi connectivity index (χ4n) is 1.25. The molecule has 76 valence electrons. The Kier molecular flexibility index (Phi) is 3.28. The molecule has 0 saturated heterocycles. The van der Waals surface area contributed by atoms with Gasteiger partial charge in [-0.05, 0) is 17.5 Å². The van der Waals surface area contributed by atoms with Gasteiger partial charge in [0.25, 0.3) is 0 Å². The summed E-state index contributed by atoms with van der Waals surface area (Å²) in [4.78, 5) is 4.34. The van der Waals surface area contributed by atoms with Crippen molar-refractivity contribution in [3.05, 3.63) is 30.3 Å². The summed E-state index contributed by atoms with van der Waals surface area (Å²) in [6.07, 6.45) is 0.821. The minimum Gasteiger partial charge on any atom is -0.387 e. The second-order valence-corrected chi connectivity index (χ2v) is 4.68. The number of aliphatic imine (C=N–C) groups is 1. The van der Waals surface area contributed by atoms with E-state index in [1.54, 1.807) is 0 Å². The van der Waals surface area contributed by atoms with E-state index in [0.29, 0.717) is 5.84 Å². The van der Waals surface area contributed by atoms with Crippen molar-refractivity contribution in [1.82, 2.24) is 0 Å². The van der Waals surface area contributed by atoms with Gasteiger partial charge in [0.1, 0.15) is 5.84 Å². The minimum absolute atomic E-state index is 0.197. The molecule has 0 bridgehead atoms. The van der Waals surface area contributed by atoms with Crippen LogP contribution < -0.4 is 5.73 Å². The van der Waals surface area contributed by atoms with Crippen LogP contribution in [0.1, 0.15) is 27.2 Å². The number of hydrogen-bond donors (Lipinski definition) is 1. The fourth-order valence-corrected chi connectivity index (χ4v) is 1.25. The van der Waals surface area contributed by atoms with Crippen LogP contribution in [-0.4, -0.2) is 5.84 Å². The Balaban J connectivity index is 2.70. The summed E-state index contributed by atoms with van der Waals surface area (Å²) < 4.78 is 0. The third-order valence-electron chi connectivity index (χ3n) is 1.74. The SMILES string of the molecule is CC(C)(C)CC(N)=Nc1ccccc1. The lowest BCUT2D eigenvalue weighted by Crippen LogP contribution is -2.19. The quantitative estimate of drug-likeness (QED) is 0.564. The normalized spacial score (nSPS) is 12.9. The summed E-state index contributed by atoms with van der Waals surface area (Å²) >= 11 is 0. The van der Waals surface area contributed by atoms with Crippen LogP contribution in [0.2, 0.25) is 0 Å². The van der Waals surface area contributed by atoms with Gasteiger partial charge in [-0.25, -0.2) is 4.99 Å². The first kappa shape index (κ1) is 10.8. The average molecular weight is 190 g/mol. The summed E-state index contributed by atoms with van der Waals surface area (Å²) in [6, 6.07) is 9.80. The zero-order valence-electron chi connectivity index (χ0n) is 9.12. The lowest BCUT2D eigenvalue weighted by molar-refractivity contribution is 0.432. The zero-order valence-corrected chi connectivity index (χ0v) is 9.12. The Morgan fingerprint density at radius 3 is 2.29 bits per heavy atom. The second kappa shape index (κ2) is 4.27. The molecular weight excluding hydrogens is 172 g/mol. The van der Waals surface area contributed by atoms with E-state index in [9.17, 15) is 0 Å². The third-order valence-corrected chi connectivity index (χ3v) is 1.74. The summed E-state index contributed by atoms with van der Waals surface area (Å²) in [5.41, 5.74) is 6.96. The highest BCUT2D eigenvalue weighted by Crippen LogP contribution is 2.19. The molecule has 0 spiro atoms. The molecule has 1 rings (SSSR count). The van der Waals surface area contributed by atoms with Crippen LogP contribution in [-0.2, 0) is 0 Å². The Labute approximate surface area is 85.9 Å². The van der Waals surface area contributed by atoms with Crippen LogP contribution in [0.15, 0.2) is 35.3 Å². The van der Waals surface area contributed by atoms with Crippen LogP contribution in [0.3, 0.4) is 0 Å². The molecule has 0 heterocycles. The largest absolute Gasteiger partial charge is 0.387 e. The van der Waals surface area contributed by atoms with Gasteiger partial charge in [-0.2, -0.15) is 0 Å². The van der Waals surface area contributed by atoms with Gasteiger partial charge >= 0.3 is 0 Å². The predicted molar refractivity (Wildman–Crippen MR) is 61.8 cm³/mol. The molecule has 0 aliphatic carbocycles. The molecule has 0 aliphatic heterocycles. The van der Waals surface area contributed by atoms with Gasteiger partial charge in [-0.1, -0.05) is 39.0 Å². The highest BCUT2D eigenvalue weighted by molar-refractivity contribution is 5.83. The minimum atomic E-state index is 0.197. The number of rotatable bonds is 2. The predicted octanol–water partition coefficient (Wildman–Crippen LogP) is 3.11. The molecule has 0 aliphatic rings. The first-order valence-corrected chi connectivity index (χ1v) is 4.85. The topological polar surface area (TPSA) is 38.4 Å². The van der Waals surface area contributed by atoms with Crippen LogP contribution in [0.4, 0.5) is 5.69 Å². The average Bonchev–Trinajstić information content (AvgIpc) is 2.02. The van der Waals surface area contributed by atoms with E-state index in [0.717, 1.165) is 12.1 Å². The number of hydrogen-bond acceptors (Lipinski definition) is 1. The Morgan fingerprint density at radius 1 is 1.21 bits per heavy atom. The van der Waals surface area contributed by atoms with Gasteiger partial charge in [0, 0.05) is 6.42 Å².